The van der Waals surface area contributed by atoms with E-state index in [0.717, 1.165) is 18.4 Å². The number of benzene rings is 1. The zero-order chi connectivity index (χ0) is 17.4. The second-order valence-electron chi connectivity index (χ2n) is 5.78. The average Bonchev–Trinajstić information content (AvgIpc) is 2.64. The van der Waals surface area contributed by atoms with E-state index in [9.17, 15) is 9.59 Å². The van der Waals surface area contributed by atoms with Gasteiger partial charge in [-0.25, -0.2) is 4.79 Å². The van der Waals surface area contributed by atoms with Crippen LogP contribution in [-0.4, -0.2) is 55.8 Å². The van der Waals surface area contributed by atoms with E-state index >= 15 is 0 Å². The summed E-state index contributed by atoms with van der Waals surface area (Å²) >= 11 is 0. The molecule has 7 heteroatoms. The molecule has 1 aliphatic heterocycles. The Hall–Kier alpha value is -2.12. The van der Waals surface area contributed by atoms with Crippen LogP contribution in [0.2, 0.25) is 0 Å². The monoisotopic (exact) mass is 335 g/mol. The smallest absolute Gasteiger partial charge is 0.410 e. The highest BCUT2D eigenvalue weighted by molar-refractivity contribution is 5.76. The number of methoxy groups -OCH3 is 1. The molecule has 1 heterocycles. The zero-order valence-electron chi connectivity index (χ0n) is 13.9. The van der Waals surface area contributed by atoms with Crippen molar-refractivity contribution in [2.75, 3.05) is 26.7 Å². The van der Waals surface area contributed by atoms with Crippen LogP contribution in [0, 0.1) is 0 Å². The van der Waals surface area contributed by atoms with Crippen molar-refractivity contribution in [3.8, 4) is 0 Å². The van der Waals surface area contributed by atoms with Gasteiger partial charge in [0.25, 0.3) is 0 Å². The second-order valence-corrected chi connectivity index (χ2v) is 5.78. The van der Waals surface area contributed by atoms with E-state index in [1.807, 2.05) is 30.3 Å². The van der Waals surface area contributed by atoms with E-state index < -0.39 is 6.04 Å². The number of nitrogens with zero attached hydrogens (tertiary/aromatic N) is 1. The molecule has 1 unspecified atom stereocenters. The SMILES string of the molecule is COC(=O)C(CN)NC1CCN(C(=O)OCc2ccccc2)CC1. The Labute approximate surface area is 142 Å². The van der Waals surface area contributed by atoms with E-state index in [1.54, 1.807) is 4.90 Å². The van der Waals surface area contributed by atoms with Gasteiger partial charge in [-0.2, -0.15) is 0 Å². The lowest BCUT2D eigenvalue weighted by Gasteiger charge is -2.33. The first-order valence-electron chi connectivity index (χ1n) is 8.13. The normalized spacial score (nSPS) is 16.5. The van der Waals surface area contributed by atoms with Crippen molar-refractivity contribution in [1.82, 2.24) is 10.2 Å². The van der Waals surface area contributed by atoms with Crippen LogP contribution in [0.5, 0.6) is 0 Å². The van der Waals surface area contributed by atoms with Crippen LogP contribution < -0.4 is 11.1 Å². The quantitative estimate of drug-likeness (QED) is 0.750. The Morgan fingerprint density at radius 3 is 2.54 bits per heavy atom. The molecular weight excluding hydrogens is 310 g/mol. The van der Waals surface area contributed by atoms with Crippen LogP contribution in [0.15, 0.2) is 30.3 Å². The van der Waals surface area contributed by atoms with Crippen LogP contribution in [-0.2, 0) is 20.9 Å². The summed E-state index contributed by atoms with van der Waals surface area (Å²) < 4.78 is 10.0. The Morgan fingerprint density at radius 2 is 1.96 bits per heavy atom. The molecule has 0 bridgehead atoms. The molecule has 0 spiro atoms. The van der Waals surface area contributed by atoms with Gasteiger partial charge in [0.2, 0.25) is 0 Å². The van der Waals surface area contributed by atoms with E-state index in [1.165, 1.54) is 7.11 Å². The zero-order valence-corrected chi connectivity index (χ0v) is 13.9. The minimum atomic E-state index is -0.503. The minimum absolute atomic E-state index is 0.135. The van der Waals surface area contributed by atoms with Crippen LogP contribution in [0.3, 0.4) is 0 Å². The van der Waals surface area contributed by atoms with E-state index in [2.05, 4.69) is 5.32 Å². The van der Waals surface area contributed by atoms with E-state index in [-0.39, 0.29) is 31.3 Å². The molecular formula is C17H25N3O4. The number of ether oxygens (including phenoxy) is 2. The maximum Gasteiger partial charge on any atom is 0.410 e. The lowest BCUT2D eigenvalue weighted by Crippen LogP contribution is -2.52. The van der Waals surface area contributed by atoms with Gasteiger partial charge in [0, 0.05) is 25.7 Å². The number of carbonyl (C=O) groups is 2. The number of hydrogen-bond acceptors (Lipinski definition) is 6. The number of nitrogens with one attached hydrogen (secondary N) is 1. The van der Waals surface area contributed by atoms with Crippen molar-refractivity contribution in [2.45, 2.75) is 31.5 Å². The van der Waals surface area contributed by atoms with Crippen molar-refractivity contribution >= 4 is 12.1 Å². The Bertz CT molecular complexity index is 530. The van der Waals surface area contributed by atoms with Gasteiger partial charge in [-0.1, -0.05) is 30.3 Å². The summed E-state index contributed by atoms with van der Waals surface area (Å²) in [7, 11) is 1.35. The van der Waals surface area contributed by atoms with Crippen LogP contribution >= 0.6 is 0 Å². The third-order valence-corrected chi connectivity index (χ3v) is 4.12. The highest BCUT2D eigenvalue weighted by Gasteiger charge is 2.27. The summed E-state index contributed by atoms with van der Waals surface area (Å²) in [4.78, 5) is 25.4. The highest BCUT2D eigenvalue weighted by Crippen LogP contribution is 2.13. The summed E-state index contributed by atoms with van der Waals surface area (Å²) in [6.07, 6.45) is 1.18. The molecule has 1 atom stereocenters. The molecule has 1 amide bonds. The van der Waals surface area contributed by atoms with E-state index in [4.69, 9.17) is 15.2 Å². The van der Waals surface area contributed by atoms with Gasteiger partial charge < -0.3 is 25.4 Å². The molecule has 1 aromatic rings. The van der Waals surface area contributed by atoms with Crippen LogP contribution in [0.25, 0.3) is 0 Å². The third-order valence-electron chi connectivity index (χ3n) is 4.12. The van der Waals surface area contributed by atoms with Crippen LogP contribution in [0.4, 0.5) is 4.79 Å². The predicted molar refractivity (Wildman–Crippen MR) is 89.2 cm³/mol. The number of rotatable bonds is 6. The Kier molecular flexibility index (Phi) is 7.02. The Morgan fingerprint density at radius 1 is 1.29 bits per heavy atom. The summed E-state index contributed by atoms with van der Waals surface area (Å²) in [5.74, 6) is -0.359. The fourth-order valence-electron chi connectivity index (χ4n) is 2.70. The van der Waals surface area contributed by atoms with Crippen molar-refractivity contribution < 1.29 is 19.1 Å². The van der Waals surface area contributed by atoms with Gasteiger partial charge in [-0.3, -0.25) is 4.79 Å². The second kappa shape index (κ2) is 9.24. The number of amides is 1. The van der Waals surface area contributed by atoms with Crippen molar-refractivity contribution in [2.24, 2.45) is 5.73 Å². The summed E-state index contributed by atoms with van der Waals surface area (Å²) in [6, 6.07) is 9.22. The molecule has 0 aliphatic carbocycles. The van der Waals surface area contributed by atoms with Crippen molar-refractivity contribution in [3.63, 3.8) is 0 Å². The average molecular weight is 335 g/mol. The number of piperidine rings is 1. The van der Waals surface area contributed by atoms with Gasteiger partial charge in [0.05, 0.1) is 7.11 Å². The fourth-order valence-corrected chi connectivity index (χ4v) is 2.70. The van der Waals surface area contributed by atoms with Gasteiger partial charge in [0.1, 0.15) is 12.6 Å². The lowest BCUT2D eigenvalue weighted by molar-refractivity contribution is -0.143. The van der Waals surface area contributed by atoms with Gasteiger partial charge in [-0.15, -0.1) is 0 Å². The molecule has 0 aromatic heterocycles. The first-order valence-corrected chi connectivity index (χ1v) is 8.13. The summed E-state index contributed by atoms with van der Waals surface area (Å²) in [5, 5.41) is 3.20. The Balaban J connectivity index is 1.73. The van der Waals surface area contributed by atoms with Crippen molar-refractivity contribution in [1.29, 1.82) is 0 Å². The number of likely N-dealkylation sites (tertiary alicyclic amines) is 1. The number of nitrogens with two attached hydrogens (primary N) is 1. The van der Waals surface area contributed by atoms with Crippen LogP contribution in [0.1, 0.15) is 18.4 Å². The van der Waals surface area contributed by atoms with Gasteiger partial charge in [0.15, 0.2) is 0 Å². The van der Waals surface area contributed by atoms with E-state index in [0.29, 0.717) is 13.1 Å². The minimum Gasteiger partial charge on any atom is -0.468 e. The number of esters is 1. The highest BCUT2D eigenvalue weighted by atomic mass is 16.6. The molecule has 1 aromatic carbocycles. The third kappa shape index (κ3) is 5.21. The first kappa shape index (κ1) is 18.2. The maximum absolute atomic E-state index is 12.1. The molecule has 2 rings (SSSR count). The number of hydrogen-bond donors (Lipinski definition) is 2. The van der Waals surface area contributed by atoms with Gasteiger partial charge in [-0.05, 0) is 18.4 Å². The largest absolute Gasteiger partial charge is 0.468 e. The molecule has 132 valence electrons. The summed E-state index contributed by atoms with van der Waals surface area (Å²) in [5.41, 5.74) is 6.55. The molecule has 0 radical (unpaired) electrons. The van der Waals surface area contributed by atoms with Gasteiger partial charge >= 0.3 is 12.1 Å². The topological polar surface area (TPSA) is 93.9 Å². The summed E-state index contributed by atoms with van der Waals surface area (Å²) in [6.45, 7) is 1.63. The molecule has 1 saturated heterocycles. The number of carbonyl (C=O) groups excluding carboxylic acids is 2. The fraction of sp³-hybridized carbons (Fsp3) is 0.529. The first-order chi connectivity index (χ1) is 11.6. The maximum atomic E-state index is 12.1. The molecule has 24 heavy (non-hydrogen) atoms. The molecule has 1 fully saturated rings. The molecule has 3 N–H and O–H groups in total. The predicted octanol–water partition coefficient (Wildman–Crippen LogP) is 0.878. The standard InChI is InChI=1S/C17H25N3O4/c1-23-16(21)15(11-18)19-14-7-9-20(10-8-14)17(22)24-12-13-5-3-2-4-6-13/h2-6,14-15,19H,7-12,18H2,1H3. The molecule has 7 nitrogen and oxygen atoms in total. The lowest BCUT2D eigenvalue weighted by atomic mass is 10.0. The van der Waals surface area contributed by atoms with Crippen molar-refractivity contribution in [3.05, 3.63) is 35.9 Å². The molecule has 0 saturated carbocycles. The molecule has 1 aliphatic rings.